The fourth-order valence-electron chi connectivity index (χ4n) is 1.72. The van der Waals surface area contributed by atoms with Gasteiger partial charge in [0, 0.05) is 18.5 Å². The van der Waals surface area contributed by atoms with Crippen molar-refractivity contribution in [1.29, 1.82) is 0 Å². The molecular formula is C14H18N2O3S. The van der Waals surface area contributed by atoms with Crippen LogP contribution in [0.25, 0.3) is 0 Å². The maximum atomic E-state index is 11.9. The number of benzene rings is 1. The molecular weight excluding hydrogens is 276 g/mol. The molecule has 0 aromatic heterocycles. The lowest BCUT2D eigenvalue weighted by atomic mass is 10.1. The summed E-state index contributed by atoms with van der Waals surface area (Å²) in [5.74, 6) is 2.30. The molecule has 0 heterocycles. The highest BCUT2D eigenvalue weighted by molar-refractivity contribution is 7.89. The second-order valence-electron chi connectivity index (χ2n) is 4.44. The Morgan fingerprint density at radius 3 is 2.65 bits per heavy atom. The summed E-state index contributed by atoms with van der Waals surface area (Å²) in [5, 5.41) is 7.80. The summed E-state index contributed by atoms with van der Waals surface area (Å²) in [5.41, 5.74) is 1.01. The molecule has 0 radical (unpaired) electrons. The SMILES string of the molecule is C#CCCCCNC(=O)c1ccc(S(N)(=O)=O)cc1C. The zero-order valence-electron chi connectivity index (χ0n) is 11.3. The number of unbranched alkanes of at least 4 members (excludes halogenated alkanes) is 2. The average molecular weight is 294 g/mol. The van der Waals surface area contributed by atoms with Gasteiger partial charge >= 0.3 is 0 Å². The molecule has 108 valence electrons. The van der Waals surface area contributed by atoms with Gasteiger partial charge in [-0.15, -0.1) is 12.3 Å². The molecule has 0 unspecified atom stereocenters. The number of primary sulfonamides is 1. The highest BCUT2D eigenvalue weighted by Gasteiger charge is 2.13. The zero-order chi connectivity index (χ0) is 15.2. The van der Waals surface area contributed by atoms with Gasteiger partial charge in [-0.1, -0.05) is 0 Å². The van der Waals surface area contributed by atoms with Crippen LogP contribution in [0.3, 0.4) is 0 Å². The number of rotatable bonds is 6. The molecule has 0 atom stereocenters. The quantitative estimate of drug-likeness (QED) is 0.610. The largest absolute Gasteiger partial charge is 0.352 e. The molecule has 6 heteroatoms. The molecule has 0 saturated carbocycles. The number of aryl methyl sites for hydroxylation is 1. The molecule has 1 aromatic carbocycles. The molecule has 20 heavy (non-hydrogen) atoms. The van der Waals surface area contributed by atoms with Crippen LogP contribution in [0.5, 0.6) is 0 Å². The van der Waals surface area contributed by atoms with E-state index in [2.05, 4.69) is 11.2 Å². The predicted molar refractivity (Wildman–Crippen MR) is 77.6 cm³/mol. The van der Waals surface area contributed by atoms with Crippen molar-refractivity contribution in [3.63, 3.8) is 0 Å². The van der Waals surface area contributed by atoms with E-state index in [-0.39, 0.29) is 10.8 Å². The Hall–Kier alpha value is -1.84. The van der Waals surface area contributed by atoms with Crippen molar-refractivity contribution >= 4 is 15.9 Å². The minimum Gasteiger partial charge on any atom is -0.352 e. The standard InChI is InChI=1S/C14H18N2O3S/c1-3-4-5-6-9-16-14(17)13-8-7-12(10-11(13)2)20(15,18)19/h1,7-8,10H,4-6,9H2,2H3,(H,16,17)(H2,15,18,19). The normalized spacial score (nSPS) is 10.8. The number of amides is 1. The van der Waals surface area contributed by atoms with E-state index in [1.807, 2.05) is 0 Å². The number of sulfonamides is 1. The number of carbonyl (C=O) groups is 1. The van der Waals surface area contributed by atoms with Crippen molar-refractivity contribution in [2.75, 3.05) is 6.54 Å². The van der Waals surface area contributed by atoms with E-state index in [0.29, 0.717) is 24.1 Å². The first-order valence-corrected chi connectivity index (χ1v) is 7.76. The van der Waals surface area contributed by atoms with E-state index in [1.54, 1.807) is 6.92 Å². The third kappa shape index (κ3) is 4.68. The first kappa shape index (κ1) is 16.2. The van der Waals surface area contributed by atoms with Crippen LogP contribution < -0.4 is 10.5 Å². The lowest BCUT2D eigenvalue weighted by molar-refractivity contribution is 0.0952. The molecule has 0 aliphatic heterocycles. The fourth-order valence-corrected chi connectivity index (χ4v) is 2.32. The Morgan fingerprint density at radius 1 is 1.40 bits per heavy atom. The van der Waals surface area contributed by atoms with Crippen LogP contribution >= 0.6 is 0 Å². The number of nitrogens with one attached hydrogen (secondary N) is 1. The summed E-state index contributed by atoms with van der Waals surface area (Å²) in [6.07, 6.45) is 7.50. The van der Waals surface area contributed by atoms with Crippen LogP contribution in [0.15, 0.2) is 23.1 Å². The van der Waals surface area contributed by atoms with Gasteiger partial charge in [-0.25, -0.2) is 13.6 Å². The molecule has 0 bridgehead atoms. The second-order valence-corrected chi connectivity index (χ2v) is 6.00. The van der Waals surface area contributed by atoms with Crippen LogP contribution in [-0.4, -0.2) is 20.9 Å². The third-order valence-electron chi connectivity index (χ3n) is 2.80. The van der Waals surface area contributed by atoms with Crippen molar-refractivity contribution in [1.82, 2.24) is 5.32 Å². The Bertz CT molecular complexity index is 630. The Balaban J connectivity index is 2.68. The van der Waals surface area contributed by atoms with E-state index in [0.717, 1.165) is 12.8 Å². The van der Waals surface area contributed by atoms with E-state index in [1.165, 1.54) is 18.2 Å². The Labute approximate surface area is 119 Å². The topological polar surface area (TPSA) is 89.3 Å². The van der Waals surface area contributed by atoms with Gasteiger partial charge in [-0.2, -0.15) is 0 Å². The Kier molecular flexibility index (Phi) is 5.74. The van der Waals surface area contributed by atoms with Crippen molar-refractivity contribution in [2.45, 2.75) is 31.1 Å². The van der Waals surface area contributed by atoms with E-state index >= 15 is 0 Å². The van der Waals surface area contributed by atoms with Crippen molar-refractivity contribution in [3.8, 4) is 12.3 Å². The third-order valence-corrected chi connectivity index (χ3v) is 3.72. The maximum Gasteiger partial charge on any atom is 0.251 e. The number of terminal acetylenes is 1. The summed E-state index contributed by atoms with van der Waals surface area (Å²) in [6, 6.07) is 4.18. The molecule has 1 amide bonds. The first-order chi connectivity index (χ1) is 9.36. The summed E-state index contributed by atoms with van der Waals surface area (Å²) in [7, 11) is -3.75. The van der Waals surface area contributed by atoms with Gasteiger partial charge in [0.05, 0.1) is 4.90 Å². The summed E-state index contributed by atoms with van der Waals surface area (Å²) in [6.45, 7) is 2.21. The van der Waals surface area contributed by atoms with Gasteiger partial charge in [0.15, 0.2) is 0 Å². The summed E-state index contributed by atoms with van der Waals surface area (Å²) >= 11 is 0. The minimum atomic E-state index is -3.75. The molecule has 0 saturated heterocycles. The lowest BCUT2D eigenvalue weighted by Crippen LogP contribution is -2.25. The van der Waals surface area contributed by atoms with Crippen molar-refractivity contribution in [3.05, 3.63) is 29.3 Å². The fraction of sp³-hybridized carbons (Fsp3) is 0.357. The summed E-state index contributed by atoms with van der Waals surface area (Å²) < 4.78 is 22.4. The minimum absolute atomic E-state index is 0.000528. The van der Waals surface area contributed by atoms with Crippen LogP contribution in [-0.2, 0) is 10.0 Å². The van der Waals surface area contributed by atoms with Crippen molar-refractivity contribution in [2.24, 2.45) is 5.14 Å². The number of hydrogen-bond acceptors (Lipinski definition) is 3. The molecule has 1 rings (SSSR count). The highest BCUT2D eigenvalue weighted by atomic mass is 32.2. The zero-order valence-corrected chi connectivity index (χ0v) is 12.2. The van der Waals surface area contributed by atoms with Crippen LogP contribution in [0, 0.1) is 19.3 Å². The monoisotopic (exact) mass is 294 g/mol. The molecule has 1 aromatic rings. The molecule has 0 aliphatic carbocycles. The van der Waals surface area contributed by atoms with E-state index in [4.69, 9.17) is 11.6 Å². The number of nitrogens with two attached hydrogens (primary N) is 1. The molecule has 5 nitrogen and oxygen atoms in total. The smallest absolute Gasteiger partial charge is 0.251 e. The summed E-state index contributed by atoms with van der Waals surface area (Å²) in [4.78, 5) is 11.9. The number of carbonyl (C=O) groups excluding carboxylic acids is 1. The van der Waals surface area contributed by atoms with Crippen molar-refractivity contribution < 1.29 is 13.2 Å². The van der Waals surface area contributed by atoms with Crippen LogP contribution in [0.1, 0.15) is 35.2 Å². The van der Waals surface area contributed by atoms with Gasteiger partial charge < -0.3 is 5.32 Å². The number of hydrogen-bond donors (Lipinski definition) is 2. The van der Waals surface area contributed by atoms with Gasteiger partial charge in [-0.3, -0.25) is 4.79 Å². The maximum absolute atomic E-state index is 11.9. The Morgan fingerprint density at radius 2 is 2.10 bits per heavy atom. The lowest BCUT2D eigenvalue weighted by Gasteiger charge is -2.08. The van der Waals surface area contributed by atoms with Gasteiger partial charge in [0.25, 0.3) is 5.91 Å². The van der Waals surface area contributed by atoms with E-state index in [9.17, 15) is 13.2 Å². The van der Waals surface area contributed by atoms with Crippen LogP contribution in [0.2, 0.25) is 0 Å². The molecule has 3 N–H and O–H groups in total. The van der Waals surface area contributed by atoms with Gasteiger partial charge in [0.2, 0.25) is 10.0 Å². The van der Waals surface area contributed by atoms with Crippen LogP contribution in [0.4, 0.5) is 0 Å². The molecule has 0 aliphatic rings. The predicted octanol–water partition coefficient (Wildman–Crippen LogP) is 1.18. The van der Waals surface area contributed by atoms with E-state index < -0.39 is 10.0 Å². The average Bonchev–Trinajstić information content (AvgIpc) is 2.37. The van der Waals surface area contributed by atoms with Gasteiger partial charge in [0.1, 0.15) is 0 Å². The van der Waals surface area contributed by atoms with Gasteiger partial charge in [-0.05, 0) is 43.5 Å². The molecule has 0 fully saturated rings. The highest BCUT2D eigenvalue weighted by Crippen LogP contribution is 2.14. The first-order valence-electron chi connectivity index (χ1n) is 6.21. The second kappa shape index (κ2) is 7.08. The molecule has 0 spiro atoms.